The van der Waals surface area contributed by atoms with E-state index in [-0.39, 0.29) is 5.97 Å². The lowest BCUT2D eigenvalue weighted by atomic mass is 10.2. The number of aliphatic carboxylic acids is 1. The quantitative estimate of drug-likeness (QED) is 0.145. The summed E-state index contributed by atoms with van der Waals surface area (Å²) in [6.07, 6.45) is 4.03. The Bertz CT molecular complexity index is 836. The average Bonchev–Trinajstić information content (AvgIpc) is 2.86. The zero-order chi connectivity index (χ0) is 34.6. The van der Waals surface area contributed by atoms with Gasteiger partial charge in [-0.1, -0.05) is 41.9 Å². The fraction of sp³-hybridized carbons (Fsp3) is 0.556. The molecule has 0 fully saturated rings. The molecule has 1 atom stereocenters. The molecule has 0 bridgehead atoms. The van der Waals surface area contributed by atoms with Crippen LogP contribution >= 0.6 is 0 Å². The van der Waals surface area contributed by atoms with Gasteiger partial charge in [0.2, 0.25) is 5.91 Å². The van der Waals surface area contributed by atoms with Crippen molar-refractivity contribution in [3.05, 3.63) is 36.5 Å². The molecular formula is C27H47F3N4O8. The van der Waals surface area contributed by atoms with Crippen molar-refractivity contribution in [1.29, 1.82) is 5.26 Å². The summed E-state index contributed by atoms with van der Waals surface area (Å²) in [6, 6.07) is 1.79. The number of allylic oxidation sites excluding steroid dienone is 3. The Labute approximate surface area is 247 Å². The third kappa shape index (κ3) is 70.5. The zero-order valence-electron chi connectivity index (χ0n) is 26.1. The molecule has 4 N–H and O–H groups in total. The molecule has 0 aliphatic heterocycles. The van der Waals surface area contributed by atoms with Crippen molar-refractivity contribution in [3.8, 4) is 6.07 Å². The summed E-state index contributed by atoms with van der Waals surface area (Å²) in [5.74, 6) is -1.55. The Morgan fingerprint density at radius 1 is 0.976 bits per heavy atom. The van der Waals surface area contributed by atoms with E-state index in [1.165, 1.54) is 25.3 Å². The van der Waals surface area contributed by atoms with Gasteiger partial charge in [0.1, 0.15) is 26.4 Å². The molecule has 0 aromatic rings. The van der Waals surface area contributed by atoms with Gasteiger partial charge < -0.3 is 30.4 Å². The van der Waals surface area contributed by atoms with Crippen molar-refractivity contribution in [2.45, 2.75) is 80.5 Å². The van der Waals surface area contributed by atoms with Crippen LogP contribution in [-0.4, -0.2) is 72.6 Å². The molecule has 42 heavy (non-hydrogen) atoms. The van der Waals surface area contributed by atoms with E-state index in [1.54, 1.807) is 59.9 Å². The van der Waals surface area contributed by atoms with E-state index in [2.05, 4.69) is 37.4 Å². The van der Waals surface area contributed by atoms with Crippen LogP contribution < -0.4 is 5.73 Å². The highest BCUT2D eigenvalue weighted by Crippen LogP contribution is 2.18. The second-order valence-corrected chi connectivity index (χ2v) is 6.94. The number of rotatable bonds is 8. The number of oxime groups is 2. The van der Waals surface area contributed by atoms with Crippen LogP contribution in [0.5, 0.6) is 0 Å². The highest BCUT2D eigenvalue weighted by molar-refractivity contribution is 5.95. The van der Waals surface area contributed by atoms with Gasteiger partial charge in [-0.15, -0.1) is 0 Å². The lowest BCUT2D eigenvalue weighted by molar-refractivity contribution is -0.197. The van der Waals surface area contributed by atoms with Gasteiger partial charge in [-0.25, -0.2) is 9.59 Å². The number of carbonyl (C=O) groups is 3. The van der Waals surface area contributed by atoms with Crippen molar-refractivity contribution in [2.24, 2.45) is 16.0 Å². The molecular weight excluding hydrogens is 565 g/mol. The molecule has 0 unspecified atom stereocenters. The number of halogens is 3. The fourth-order valence-electron chi connectivity index (χ4n) is 1.35. The van der Waals surface area contributed by atoms with Crippen LogP contribution in [0.2, 0.25) is 0 Å². The molecule has 244 valence electrons. The van der Waals surface area contributed by atoms with E-state index in [1.807, 2.05) is 6.92 Å². The monoisotopic (exact) mass is 612 g/mol. The summed E-state index contributed by atoms with van der Waals surface area (Å²) >= 11 is 0. The molecule has 0 rings (SSSR count). The Balaban J connectivity index is -0.0000000929. The first-order valence-corrected chi connectivity index (χ1v) is 12.3. The summed E-state index contributed by atoms with van der Waals surface area (Å²) in [5, 5.41) is 30.6. The number of alkyl halides is 3. The van der Waals surface area contributed by atoms with E-state index in [0.29, 0.717) is 19.2 Å². The standard InChI is InChI=1S/C6H13NO.C6H10O2.C4H6N2O.C4H7NO.C4H6O2.C3H5F3O/c1-4-5-6(2)7-8-3;1-3-5-6(7)8-4-2;1-4(3-5)6-7-2;2*1-2-3-4(5)6;1-2(7)3(4,5)6/h4-5H2,1-3H3;3,5H,4H2,1-2H3;1-2H3;2-3H,1H3,(H2,5,6);2-3H,1H3,(H,5,6);2,7H,1H3/b7-6-;5-3+;6-4-;2*3-2+;/t;;;;;2-/m.....0/s1. The maximum Gasteiger partial charge on any atom is 0.414 e. The van der Waals surface area contributed by atoms with E-state index >= 15 is 0 Å². The van der Waals surface area contributed by atoms with Gasteiger partial charge in [-0.05, 0) is 61.0 Å². The first-order valence-electron chi connectivity index (χ1n) is 12.3. The van der Waals surface area contributed by atoms with Gasteiger partial charge in [0, 0.05) is 12.2 Å². The summed E-state index contributed by atoms with van der Waals surface area (Å²) in [7, 11) is 2.97. The predicted molar refractivity (Wildman–Crippen MR) is 156 cm³/mol. The van der Waals surface area contributed by atoms with E-state index in [0.717, 1.165) is 24.6 Å². The number of hydrogen-bond donors (Lipinski definition) is 3. The molecule has 0 aromatic heterocycles. The lowest BCUT2D eigenvalue weighted by Gasteiger charge is -2.06. The Morgan fingerprint density at radius 3 is 1.57 bits per heavy atom. The average molecular weight is 613 g/mol. The van der Waals surface area contributed by atoms with Gasteiger partial charge in [-0.2, -0.15) is 18.4 Å². The molecule has 0 saturated heterocycles. The number of hydrogen-bond acceptors (Lipinski definition) is 10. The maximum absolute atomic E-state index is 10.9. The van der Waals surface area contributed by atoms with Crippen molar-refractivity contribution in [3.63, 3.8) is 0 Å². The van der Waals surface area contributed by atoms with Crippen molar-refractivity contribution in [2.75, 3.05) is 20.8 Å². The molecule has 0 spiro atoms. The first kappa shape index (κ1) is 50.6. The topological polar surface area (TPSA) is 194 Å². The van der Waals surface area contributed by atoms with Gasteiger partial charge in [0.05, 0.1) is 12.3 Å². The number of carboxylic acid groups (broad SMARTS) is 1. The number of esters is 1. The number of primary amides is 1. The number of nitriles is 1. The molecule has 15 heteroatoms. The minimum atomic E-state index is -4.44. The number of nitrogens with two attached hydrogens (primary N) is 1. The smallest absolute Gasteiger partial charge is 0.414 e. The molecule has 0 aliphatic carbocycles. The number of carbonyl (C=O) groups excluding carboxylic acids is 2. The van der Waals surface area contributed by atoms with Crippen molar-refractivity contribution < 1.29 is 52.2 Å². The summed E-state index contributed by atoms with van der Waals surface area (Å²) in [4.78, 5) is 38.4. The van der Waals surface area contributed by atoms with Crippen molar-refractivity contribution in [1.82, 2.24) is 0 Å². The van der Waals surface area contributed by atoms with Gasteiger partial charge >= 0.3 is 18.1 Å². The predicted octanol–water partition coefficient (Wildman–Crippen LogP) is 5.09. The second-order valence-electron chi connectivity index (χ2n) is 6.94. The second kappa shape index (κ2) is 39.0. The van der Waals surface area contributed by atoms with Crippen LogP contribution in [0, 0.1) is 11.3 Å². The molecule has 0 aromatic carbocycles. The minimum absolute atomic E-state index is 0.269. The molecule has 0 saturated carbocycles. The van der Waals surface area contributed by atoms with E-state index in [9.17, 15) is 27.6 Å². The van der Waals surface area contributed by atoms with Crippen LogP contribution in [0.4, 0.5) is 13.2 Å². The SMILES string of the molecule is C/C=C/C(=O)O.C/C=C/C(=O)OCC.C/C=C/C(N)=O.CCC/C(C)=N\OC.CO/N=C(/C)C#N.C[C@H](O)C(F)(F)F. The highest BCUT2D eigenvalue weighted by atomic mass is 19.4. The number of amides is 1. The van der Waals surface area contributed by atoms with Gasteiger partial charge in [-0.3, -0.25) is 4.79 Å². The number of aliphatic hydroxyl groups is 1. The number of carboxylic acids is 1. The Hall–Kier alpha value is -4.19. The molecule has 0 radical (unpaired) electrons. The maximum atomic E-state index is 10.9. The highest BCUT2D eigenvalue weighted by Gasteiger charge is 2.33. The lowest BCUT2D eigenvalue weighted by Crippen LogP contribution is -2.24. The van der Waals surface area contributed by atoms with E-state index < -0.39 is 24.2 Å². The van der Waals surface area contributed by atoms with Crippen LogP contribution in [0.1, 0.15) is 68.2 Å². The Kier molecular flexibility index (Phi) is 47.0. The Morgan fingerprint density at radius 2 is 1.40 bits per heavy atom. The summed E-state index contributed by atoms with van der Waals surface area (Å²) in [5.41, 5.74) is 6.08. The van der Waals surface area contributed by atoms with Gasteiger partial charge in [0.25, 0.3) is 0 Å². The van der Waals surface area contributed by atoms with Crippen LogP contribution in [0.3, 0.4) is 0 Å². The minimum Gasteiger partial charge on any atom is -0.478 e. The molecule has 12 nitrogen and oxygen atoms in total. The number of nitrogens with zero attached hydrogens (tertiary/aromatic N) is 3. The third-order valence-corrected chi connectivity index (χ3v) is 2.95. The molecule has 1 amide bonds. The molecule has 0 heterocycles. The largest absolute Gasteiger partial charge is 0.478 e. The summed E-state index contributed by atoms with van der Waals surface area (Å²) in [6.45, 7) is 13.7. The fourth-order valence-corrected chi connectivity index (χ4v) is 1.35. The zero-order valence-corrected chi connectivity index (χ0v) is 26.1. The first-order chi connectivity index (χ1) is 19.4. The summed E-state index contributed by atoms with van der Waals surface area (Å²) < 4.78 is 37.3. The van der Waals surface area contributed by atoms with E-state index in [4.69, 9.17) is 15.5 Å². The number of aliphatic hydroxyl groups excluding tert-OH is 1. The normalized spacial score (nSPS) is 11.3. The van der Waals surface area contributed by atoms with Crippen LogP contribution in [-0.2, 0) is 28.8 Å². The third-order valence-electron chi connectivity index (χ3n) is 2.95. The van der Waals surface area contributed by atoms with Gasteiger partial charge in [0.15, 0.2) is 5.71 Å². The van der Waals surface area contributed by atoms with Crippen molar-refractivity contribution >= 4 is 29.3 Å². The number of ether oxygens (including phenoxy) is 1. The van der Waals surface area contributed by atoms with Crippen LogP contribution in [0.15, 0.2) is 46.8 Å². The van der Waals surface area contributed by atoms with Crippen LogP contribution in [0.25, 0.3) is 0 Å². The molecule has 0 aliphatic rings.